The zero-order chi connectivity index (χ0) is 12.3. The molecule has 1 amide bonds. The fraction of sp³-hybridized carbons (Fsp3) is 0.0833. The van der Waals surface area contributed by atoms with Gasteiger partial charge >= 0.3 is 0 Å². The van der Waals surface area contributed by atoms with E-state index in [2.05, 4.69) is 0 Å². The summed E-state index contributed by atoms with van der Waals surface area (Å²) >= 11 is 6.06. The normalized spacial score (nSPS) is 10.2. The third-order valence-corrected chi connectivity index (χ3v) is 2.68. The summed E-state index contributed by atoms with van der Waals surface area (Å²) in [6.45, 7) is -0.123. The number of hydrogen-bond acceptors (Lipinski definition) is 3. The first-order valence-corrected chi connectivity index (χ1v) is 5.39. The lowest BCUT2D eigenvalue weighted by Gasteiger charge is -2.09. The van der Waals surface area contributed by atoms with Crippen LogP contribution in [0, 0.1) is 0 Å². The Bertz CT molecular complexity index is 557. The third-order valence-electron chi connectivity index (χ3n) is 2.35. The lowest BCUT2D eigenvalue weighted by molar-refractivity contribution is -0.123. The average Bonchev–Trinajstić information content (AvgIpc) is 2.38. The molecule has 0 heterocycles. The quantitative estimate of drug-likeness (QED) is 0.497. The topological polar surface area (TPSA) is 64.3 Å². The fourth-order valence-corrected chi connectivity index (χ4v) is 1.77. The van der Waals surface area contributed by atoms with E-state index >= 15 is 0 Å². The maximum absolute atomic E-state index is 11.0. The Labute approximate surface area is 103 Å². The number of fused-ring (bicyclic) bond motifs is 1. The molecule has 2 aromatic carbocycles. The highest BCUT2D eigenvalue weighted by Crippen LogP contribution is 2.31. The van der Waals surface area contributed by atoms with Gasteiger partial charge in [-0.05, 0) is 12.1 Å². The molecule has 0 bridgehead atoms. The fourth-order valence-electron chi connectivity index (χ4n) is 1.55. The first kappa shape index (κ1) is 11.7. The molecule has 5 heteroatoms. The zero-order valence-corrected chi connectivity index (χ0v) is 9.70. The average molecular weight is 251 g/mol. The minimum Gasteiger partial charge on any atom is -0.483 e. The number of hydrogen-bond donors (Lipinski definition) is 2. The summed E-state index contributed by atoms with van der Waals surface area (Å²) in [6, 6.07) is 11.0. The third kappa shape index (κ3) is 2.49. The van der Waals surface area contributed by atoms with E-state index < -0.39 is 0 Å². The van der Waals surface area contributed by atoms with Crippen molar-refractivity contribution in [2.45, 2.75) is 0 Å². The van der Waals surface area contributed by atoms with Gasteiger partial charge < -0.3 is 4.74 Å². The van der Waals surface area contributed by atoms with E-state index in [1.165, 1.54) is 0 Å². The Kier molecular flexibility index (Phi) is 3.46. The summed E-state index contributed by atoms with van der Waals surface area (Å²) in [5.74, 6) is 5.19. The monoisotopic (exact) mass is 250 g/mol. The number of benzene rings is 2. The SMILES string of the molecule is NNC(=O)COc1ccc(Cl)c2ccccc12. The van der Waals surface area contributed by atoms with Crippen molar-refractivity contribution in [1.82, 2.24) is 5.43 Å². The lowest BCUT2D eigenvalue weighted by atomic mass is 10.1. The summed E-state index contributed by atoms with van der Waals surface area (Å²) in [5, 5.41) is 2.40. The summed E-state index contributed by atoms with van der Waals surface area (Å²) < 4.78 is 5.38. The molecule has 4 nitrogen and oxygen atoms in total. The van der Waals surface area contributed by atoms with Crippen molar-refractivity contribution in [2.75, 3.05) is 6.61 Å². The predicted octanol–water partition coefficient (Wildman–Crippen LogP) is 1.86. The minimum atomic E-state index is -0.385. The molecule has 0 fully saturated rings. The summed E-state index contributed by atoms with van der Waals surface area (Å²) in [5.41, 5.74) is 2.00. The molecule has 3 N–H and O–H groups in total. The van der Waals surface area contributed by atoms with Crippen LogP contribution < -0.4 is 16.0 Å². The van der Waals surface area contributed by atoms with Crippen molar-refractivity contribution in [3.8, 4) is 5.75 Å². The van der Waals surface area contributed by atoms with Gasteiger partial charge in [0.25, 0.3) is 5.91 Å². The molecule has 0 saturated heterocycles. The summed E-state index contributed by atoms with van der Waals surface area (Å²) in [6.07, 6.45) is 0. The van der Waals surface area contributed by atoms with Crippen LogP contribution in [0.25, 0.3) is 10.8 Å². The van der Waals surface area contributed by atoms with Gasteiger partial charge in [0.05, 0.1) is 0 Å². The molecule has 2 aromatic rings. The maximum Gasteiger partial charge on any atom is 0.271 e. The van der Waals surface area contributed by atoms with E-state index in [1.54, 1.807) is 12.1 Å². The van der Waals surface area contributed by atoms with Crippen molar-refractivity contribution in [3.63, 3.8) is 0 Å². The molecule has 0 unspecified atom stereocenters. The minimum absolute atomic E-state index is 0.123. The highest BCUT2D eigenvalue weighted by molar-refractivity contribution is 6.35. The van der Waals surface area contributed by atoms with Crippen LogP contribution in [0.1, 0.15) is 0 Å². The molecule has 0 radical (unpaired) electrons. The number of carbonyl (C=O) groups is 1. The van der Waals surface area contributed by atoms with Gasteiger partial charge in [-0.25, -0.2) is 5.84 Å². The van der Waals surface area contributed by atoms with Crippen molar-refractivity contribution in [1.29, 1.82) is 0 Å². The second-order valence-corrected chi connectivity index (χ2v) is 3.85. The number of amides is 1. The smallest absolute Gasteiger partial charge is 0.271 e. The van der Waals surface area contributed by atoms with Gasteiger partial charge in [-0.3, -0.25) is 10.2 Å². The van der Waals surface area contributed by atoms with Crippen LogP contribution in [0.3, 0.4) is 0 Å². The molecule has 0 saturated carbocycles. The molecule has 0 aromatic heterocycles. The van der Waals surface area contributed by atoms with Crippen molar-refractivity contribution in [3.05, 3.63) is 41.4 Å². The van der Waals surface area contributed by atoms with E-state index in [0.717, 1.165) is 10.8 Å². The van der Waals surface area contributed by atoms with Gasteiger partial charge in [-0.15, -0.1) is 0 Å². The van der Waals surface area contributed by atoms with Gasteiger partial charge in [0.2, 0.25) is 0 Å². The van der Waals surface area contributed by atoms with Crippen molar-refractivity contribution >= 4 is 28.3 Å². The van der Waals surface area contributed by atoms with Gasteiger partial charge in [0, 0.05) is 15.8 Å². The highest BCUT2D eigenvalue weighted by atomic mass is 35.5. The summed E-state index contributed by atoms with van der Waals surface area (Å²) in [4.78, 5) is 11.0. The number of ether oxygens (including phenoxy) is 1. The van der Waals surface area contributed by atoms with E-state index in [1.807, 2.05) is 29.7 Å². The largest absolute Gasteiger partial charge is 0.483 e. The molecule has 0 atom stereocenters. The zero-order valence-electron chi connectivity index (χ0n) is 8.94. The Morgan fingerprint density at radius 3 is 2.65 bits per heavy atom. The van der Waals surface area contributed by atoms with Crippen molar-refractivity contribution < 1.29 is 9.53 Å². The van der Waals surface area contributed by atoms with E-state index in [-0.39, 0.29) is 12.5 Å². The van der Waals surface area contributed by atoms with Crippen LogP contribution in [-0.2, 0) is 4.79 Å². The molecular weight excluding hydrogens is 240 g/mol. The van der Waals surface area contributed by atoms with E-state index in [4.69, 9.17) is 22.2 Å². The van der Waals surface area contributed by atoms with Crippen LogP contribution in [0.5, 0.6) is 5.75 Å². The second-order valence-electron chi connectivity index (χ2n) is 3.45. The molecule has 0 aliphatic carbocycles. The van der Waals surface area contributed by atoms with Crippen LogP contribution >= 0.6 is 11.6 Å². The van der Waals surface area contributed by atoms with Gasteiger partial charge in [0.15, 0.2) is 6.61 Å². The first-order valence-electron chi connectivity index (χ1n) is 5.02. The predicted molar refractivity (Wildman–Crippen MR) is 66.8 cm³/mol. The number of halogens is 1. The van der Waals surface area contributed by atoms with E-state index in [9.17, 15) is 4.79 Å². The van der Waals surface area contributed by atoms with Gasteiger partial charge in [-0.1, -0.05) is 35.9 Å². The molecule has 0 spiro atoms. The summed E-state index contributed by atoms with van der Waals surface area (Å²) in [7, 11) is 0. The van der Waals surface area contributed by atoms with Crippen LogP contribution in [0.15, 0.2) is 36.4 Å². The number of rotatable bonds is 3. The molecule has 0 aliphatic rings. The highest BCUT2D eigenvalue weighted by Gasteiger charge is 2.06. The lowest BCUT2D eigenvalue weighted by Crippen LogP contribution is -2.34. The van der Waals surface area contributed by atoms with Crippen molar-refractivity contribution in [2.24, 2.45) is 5.84 Å². The first-order chi connectivity index (χ1) is 8.22. The van der Waals surface area contributed by atoms with Crippen LogP contribution in [0.4, 0.5) is 0 Å². The Morgan fingerprint density at radius 2 is 1.94 bits per heavy atom. The number of nitrogens with two attached hydrogens (primary N) is 1. The molecular formula is C12H11ClN2O2. The Hall–Kier alpha value is -1.78. The van der Waals surface area contributed by atoms with Crippen LogP contribution in [-0.4, -0.2) is 12.5 Å². The van der Waals surface area contributed by atoms with E-state index in [0.29, 0.717) is 10.8 Å². The molecule has 0 aliphatic heterocycles. The molecule has 17 heavy (non-hydrogen) atoms. The van der Waals surface area contributed by atoms with Gasteiger partial charge in [-0.2, -0.15) is 0 Å². The van der Waals surface area contributed by atoms with Crippen LogP contribution in [0.2, 0.25) is 5.02 Å². The Morgan fingerprint density at radius 1 is 1.24 bits per heavy atom. The number of hydrazine groups is 1. The standard InChI is InChI=1S/C12H11ClN2O2/c13-10-5-6-11(17-7-12(16)15-14)9-4-2-1-3-8(9)10/h1-6H,7,14H2,(H,15,16). The molecule has 2 rings (SSSR count). The Balaban J connectivity index is 2.35. The number of nitrogens with one attached hydrogen (secondary N) is 1. The maximum atomic E-state index is 11.0. The molecule has 88 valence electrons. The number of carbonyl (C=O) groups excluding carboxylic acids is 1. The van der Waals surface area contributed by atoms with Gasteiger partial charge in [0.1, 0.15) is 5.75 Å². The second kappa shape index (κ2) is 5.03.